The summed E-state index contributed by atoms with van der Waals surface area (Å²) in [6.07, 6.45) is 5.26. The lowest BCUT2D eigenvalue weighted by molar-refractivity contribution is -0.112. The number of carbonyl (C=O) groups excluding carboxylic acids is 1. The Labute approximate surface area is 127 Å². The Morgan fingerprint density at radius 1 is 1.27 bits per heavy atom. The molecule has 2 heterocycles. The minimum absolute atomic E-state index is 0.391. The van der Waals surface area contributed by atoms with Crippen molar-refractivity contribution in [1.82, 2.24) is 9.97 Å². The van der Waals surface area contributed by atoms with Gasteiger partial charge in [0.25, 0.3) is 0 Å². The van der Waals surface area contributed by atoms with E-state index in [1.54, 1.807) is 31.6 Å². The molecule has 3 aromatic rings. The summed E-state index contributed by atoms with van der Waals surface area (Å²) in [5.41, 5.74) is 8.23. The van der Waals surface area contributed by atoms with E-state index >= 15 is 0 Å². The van der Waals surface area contributed by atoms with Crippen molar-refractivity contribution in [3.05, 3.63) is 59.9 Å². The third kappa shape index (κ3) is 2.44. The van der Waals surface area contributed by atoms with Gasteiger partial charge in [0, 0.05) is 28.9 Å². The molecule has 1 aromatic carbocycles. The van der Waals surface area contributed by atoms with Gasteiger partial charge in [0.2, 0.25) is 5.91 Å². The maximum Gasteiger partial charge on any atom is 0.249 e. The number of methoxy groups -OCH3 is 1. The van der Waals surface area contributed by atoms with E-state index in [2.05, 4.69) is 9.97 Å². The molecular formula is C17H15N3O2. The van der Waals surface area contributed by atoms with E-state index in [1.165, 1.54) is 0 Å². The van der Waals surface area contributed by atoms with Gasteiger partial charge in [-0.1, -0.05) is 18.2 Å². The van der Waals surface area contributed by atoms with Crippen LogP contribution in [0.4, 0.5) is 0 Å². The largest absolute Gasteiger partial charge is 0.496 e. The highest BCUT2D eigenvalue weighted by Gasteiger charge is 2.14. The van der Waals surface area contributed by atoms with Gasteiger partial charge in [-0.3, -0.25) is 4.79 Å². The average Bonchev–Trinajstić information content (AvgIpc) is 2.95. The van der Waals surface area contributed by atoms with Crippen LogP contribution >= 0.6 is 0 Å². The molecule has 0 unspecified atom stereocenters. The van der Waals surface area contributed by atoms with Crippen molar-refractivity contribution in [1.29, 1.82) is 0 Å². The molecule has 0 atom stereocenters. The van der Waals surface area contributed by atoms with Gasteiger partial charge >= 0.3 is 0 Å². The highest BCUT2D eigenvalue weighted by molar-refractivity contribution is 6.24. The lowest BCUT2D eigenvalue weighted by Gasteiger charge is -2.09. The number of hydrogen-bond donors (Lipinski definition) is 2. The van der Waals surface area contributed by atoms with E-state index in [0.717, 1.165) is 16.6 Å². The molecule has 0 bridgehead atoms. The molecule has 3 rings (SSSR count). The molecule has 0 spiro atoms. The average molecular weight is 293 g/mol. The second kappa shape index (κ2) is 5.73. The number of aromatic nitrogens is 2. The SMILES string of the molecule is COc1ccccc1C(=Cc1c[nH]c2ncccc12)C(N)=O. The number of fused-ring (bicyclic) bond motifs is 1. The van der Waals surface area contributed by atoms with Crippen LogP contribution in [0.15, 0.2) is 48.8 Å². The zero-order chi connectivity index (χ0) is 15.5. The Kier molecular flexibility index (Phi) is 3.62. The number of rotatable bonds is 4. The Morgan fingerprint density at radius 3 is 2.86 bits per heavy atom. The molecule has 5 nitrogen and oxygen atoms in total. The molecule has 2 aromatic heterocycles. The van der Waals surface area contributed by atoms with E-state index in [4.69, 9.17) is 10.5 Å². The van der Waals surface area contributed by atoms with Gasteiger partial charge in [0.15, 0.2) is 0 Å². The maximum absolute atomic E-state index is 11.9. The van der Waals surface area contributed by atoms with Gasteiger partial charge in [0.1, 0.15) is 11.4 Å². The summed E-state index contributed by atoms with van der Waals surface area (Å²) < 4.78 is 5.31. The number of nitrogens with one attached hydrogen (secondary N) is 1. The molecule has 5 heteroatoms. The minimum atomic E-state index is -0.511. The van der Waals surface area contributed by atoms with Crippen molar-refractivity contribution in [3.8, 4) is 5.75 Å². The van der Waals surface area contributed by atoms with Crippen molar-refractivity contribution in [2.24, 2.45) is 5.73 Å². The van der Waals surface area contributed by atoms with Crippen LogP contribution in [-0.4, -0.2) is 23.0 Å². The molecule has 0 radical (unpaired) electrons. The van der Waals surface area contributed by atoms with Crippen molar-refractivity contribution >= 4 is 28.6 Å². The number of benzene rings is 1. The fourth-order valence-corrected chi connectivity index (χ4v) is 2.40. The van der Waals surface area contributed by atoms with Crippen LogP contribution < -0.4 is 10.5 Å². The quantitative estimate of drug-likeness (QED) is 0.725. The number of aromatic amines is 1. The highest BCUT2D eigenvalue weighted by Crippen LogP contribution is 2.28. The van der Waals surface area contributed by atoms with Crippen molar-refractivity contribution in [3.63, 3.8) is 0 Å². The van der Waals surface area contributed by atoms with Crippen LogP contribution in [0.5, 0.6) is 5.75 Å². The van der Waals surface area contributed by atoms with Crippen LogP contribution in [-0.2, 0) is 4.79 Å². The molecule has 3 N–H and O–H groups in total. The molecule has 22 heavy (non-hydrogen) atoms. The van der Waals surface area contributed by atoms with Gasteiger partial charge in [0.05, 0.1) is 12.7 Å². The number of para-hydroxylation sites is 1. The summed E-state index contributed by atoms with van der Waals surface area (Å²) in [5.74, 6) is 0.0910. The number of pyridine rings is 1. The van der Waals surface area contributed by atoms with E-state index in [-0.39, 0.29) is 0 Å². The summed E-state index contributed by atoms with van der Waals surface area (Å²) >= 11 is 0. The van der Waals surface area contributed by atoms with Gasteiger partial charge in [-0.25, -0.2) is 4.98 Å². The highest BCUT2D eigenvalue weighted by atomic mass is 16.5. The third-order valence-corrected chi connectivity index (χ3v) is 3.45. The normalized spacial score (nSPS) is 11.6. The third-order valence-electron chi connectivity index (χ3n) is 3.45. The number of H-pyrrole nitrogens is 1. The van der Waals surface area contributed by atoms with Crippen molar-refractivity contribution in [2.45, 2.75) is 0 Å². The number of ether oxygens (including phenoxy) is 1. The minimum Gasteiger partial charge on any atom is -0.496 e. The second-order valence-electron chi connectivity index (χ2n) is 4.77. The van der Waals surface area contributed by atoms with Gasteiger partial charge in [-0.15, -0.1) is 0 Å². The van der Waals surface area contributed by atoms with E-state index in [1.807, 2.05) is 30.3 Å². The topological polar surface area (TPSA) is 81.0 Å². The number of hydrogen-bond acceptors (Lipinski definition) is 3. The Morgan fingerprint density at radius 2 is 2.09 bits per heavy atom. The van der Waals surface area contributed by atoms with Gasteiger partial charge in [-0.2, -0.15) is 0 Å². The van der Waals surface area contributed by atoms with E-state index in [9.17, 15) is 4.79 Å². The number of carbonyl (C=O) groups is 1. The predicted octanol–water partition coefficient (Wildman–Crippen LogP) is 2.60. The fourth-order valence-electron chi connectivity index (χ4n) is 2.40. The lowest BCUT2D eigenvalue weighted by Crippen LogP contribution is -2.13. The van der Waals surface area contributed by atoms with Gasteiger partial charge < -0.3 is 15.5 Å². The zero-order valence-corrected chi connectivity index (χ0v) is 12.0. The molecule has 0 aliphatic heterocycles. The molecule has 1 amide bonds. The first-order chi connectivity index (χ1) is 10.7. The number of amides is 1. The monoisotopic (exact) mass is 293 g/mol. The second-order valence-corrected chi connectivity index (χ2v) is 4.77. The molecule has 0 saturated heterocycles. The first-order valence-electron chi connectivity index (χ1n) is 6.77. The van der Waals surface area contributed by atoms with Crippen molar-refractivity contribution in [2.75, 3.05) is 7.11 Å². The molecule has 0 aliphatic carbocycles. The Balaban J connectivity index is 2.18. The fraction of sp³-hybridized carbons (Fsp3) is 0.0588. The summed E-state index contributed by atoms with van der Waals surface area (Å²) in [4.78, 5) is 19.2. The number of primary amides is 1. The van der Waals surface area contributed by atoms with Crippen LogP contribution in [0.25, 0.3) is 22.7 Å². The Hall–Kier alpha value is -3.08. The van der Waals surface area contributed by atoms with E-state index in [0.29, 0.717) is 16.9 Å². The molecule has 110 valence electrons. The maximum atomic E-state index is 11.9. The summed E-state index contributed by atoms with van der Waals surface area (Å²) in [7, 11) is 1.56. The standard InChI is InChI=1S/C17H15N3O2/c1-22-15-7-3-2-5-13(15)14(16(18)21)9-11-10-20-17-12(11)6-4-8-19-17/h2-10H,1H3,(H2,18,21)(H,19,20). The van der Waals surface area contributed by atoms with Crippen molar-refractivity contribution < 1.29 is 9.53 Å². The molecular weight excluding hydrogens is 278 g/mol. The lowest BCUT2D eigenvalue weighted by atomic mass is 10.0. The number of nitrogens with two attached hydrogens (primary N) is 1. The molecule has 0 saturated carbocycles. The van der Waals surface area contributed by atoms with E-state index < -0.39 is 5.91 Å². The first-order valence-corrected chi connectivity index (χ1v) is 6.77. The molecule has 0 aliphatic rings. The first kappa shape index (κ1) is 13.9. The predicted molar refractivity (Wildman–Crippen MR) is 86.2 cm³/mol. The zero-order valence-electron chi connectivity index (χ0n) is 12.0. The summed E-state index contributed by atoms with van der Waals surface area (Å²) in [5, 5.41) is 0.927. The van der Waals surface area contributed by atoms with Gasteiger partial charge in [-0.05, 0) is 24.3 Å². The van der Waals surface area contributed by atoms with Crippen LogP contribution in [0, 0.1) is 0 Å². The smallest absolute Gasteiger partial charge is 0.249 e. The molecule has 0 fully saturated rings. The summed E-state index contributed by atoms with van der Waals surface area (Å²) in [6.45, 7) is 0. The number of nitrogens with zero attached hydrogens (tertiary/aromatic N) is 1. The van der Waals surface area contributed by atoms with Crippen LogP contribution in [0.2, 0.25) is 0 Å². The summed E-state index contributed by atoms with van der Waals surface area (Å²) in [6, 6.07) is 11.1. The Bertz CT molecular complexity index is 865. The van der Waals surface area contributed by atoms with Crippen LogP contribution in [0.3, 0.4) is 0 Å². The van der Waals surface area contributed by atoms with Crippen LogP contribution in [0.1, 0.15) is 11.1 Å².